The summed E-state index contributed by atoms with van der Waals surface area (Å²) in [7, 11) is 4.65. The fraction of sp³-hybridized carbons (Fsp3) is 1.00. The van der Waals surface area contributed by atoms with E-state index in [1.807, 2.05) is 0 Å². The van der Waals surface area contributed by atoms with E-state index >= 15 is 0 Å². The molecule has 0 N–H and O–H groups in total. The van der Waals surface area contributed by atoms with Gasteiger partial charge in [0.2, 0.25) is 0 Å². The Morgan fingerprint density at radius 1 is 1.15 bits per heavy atom. The summed E-state index contributed by atoms with van der Waals surface area (Å²) >= 11 is 0. The molecule has 1 fully saturated rings. The lowest BCUT2D eigenvalue weighted by molar-refractivity contribution is -0.882. The molecule has 1 saturated heterocycles. The van der Waals surface area contributed by atoms with Crippen LogP contribution in [0.1, 0.15) is 32.6 Å². The number of likely N-dealkylation sites (N-methyl/N-ethyl adjacent to an activating group) is 1. The topological polar surface area (TPSA) is 3.24 Å². The van der Waals surface area contributed by atoms with Gasteiger partial charge >= 0.3 is 0 Å². The van der Waals surface area contributed by atoms with Gasteiger partial charge in [0.05, 0.1) is 27.2 Å². The van der Waals surface area contributed by atoms with E-state index in [0.717, 1.165) is 0 Å². The Hall–Kier alpha value is -0.0800. The predicted molar refractivity (Wildman–Crippen MR) is 57.6 cm³/mol. The van der Waals surface area contributed by atoms with E-state index in [9.17, 15) is 0 Å². The van der Waals surface area contributed by atoms with Crippen LogP contribution in [0.4, 0.5) is 0 Å². The van der Waals surface area contributed by atoms with E-state index in [0.29, 0.717) is 0 Å². The maximum absolute atomic E-state index is 2.61. The van der Waals surface area contributed by atoms with Crippen LogP contribution in [0.3, 0.4) is 0 Å². The van der Waals surface area contributed by atoms with Crippen molar-refractivity contribution in [3.05, 3.63) is 0 Å². The van der Waals surface area contributed by atoms with Crippen LogP contribution in [0, 0.1) is 0 Å². The number of rotatable bonds is 5. The third-order valence-corrected chi connectivity index (χ3v) is 2.93. The van der Waals surface area contributed by atoms with Gasteiger partial charge in [-0.05, 0) is 6.42 Å². The van der Waals surface area contributed by atoms with E-state index in [1.165, 1.54) is 56.5 Å². The fourth-order valence-electron chi connectivity index (χ4n) is 2.04. The Kier molecular flexibility index (Phi) is 4.20. The van der Waals surface area contributed by atoms with Crippen molar-refractivity contribution in [3.63, 3.8) is 0 Å². The normalized spacial score (nSPS) is 22.4. The molecule has 0 atom stereocenters. The average molecular weight is 185 g/mol. The summed E-state index contributed by atoms with van der Waals surface area (Å²) in [6.45, 7) is 7.48. The molecule has 78 valence electrons. The lowest BCUT2D eigenvalue weighted by Crippen LogP contribution is -2.38. The van der Waals surface area contributed by atoms with Crippen LogP contribution in [-0.2, 0) is 0 Å². The number of unbranched alkanes of at least 4 members (excludes halogenated alkanes) is 3. The van der Waals surface area contributed by atoms with Gasteiger partial charge in [0.25, 0.3) is 0 Å². The van der Waals surface area contributed by atoms with Crippen LogP contribution in [-0.4, -0.2) is 49.8 Å². The number of quaternary nitrogens is 1. The fourth-order valence-corrected chi connectivity index (χ4v) is 2.04. The van der Waals surface area contributed by atoms with Gasteiger partial charge in [-0.1, -0.05) is 26.2 Å². The molecule has 2 heteroatoms. The largest absolute Gasteiger partial charge is 0.315 e. The van der Waals surface area contributed by atoms with Crippen molar-refractivity contribution in [3.8, 4) is 0 Å². The highest BCUT2D eigenvalue weighted by Gasteiger charge is 2.27. The second kappa shape index (κ2) is 4.97. The van der Waals surface area contributed by atoms with Gasteiger partial charge in [0.15, 0.2) is 0 Å². The molecule has 1 aliphatic heterocycles. The van der Waals surface area contributed by atoms with Crippen molar-refractivity contribution in [1.29, 1.82) is 0 Å². The molecule has 1 heterocycles. The van der Waals surface area contributed by atoms with Gasteiger partial charge in [-0.25, -0.2) is 0 Å². The summed E-state index contributed by atoms with van der Waals surface area (Å²) in [5.74, 6) is 0. The van der Waals surface area contributed by atoms with Crippen LogP contribution < -0.4 is 0 Å². The quantitative estimate of drug-likeness (QED) is 0.467. The predicted octanol–water partition coefficient (Wildman–Crippen LogP) is 1.92. The zero-order valence-corrected chi connectivity index (χ0v) is 9.55. The standard InChI is InChI=1S/C11H25N2/c1-4-5-6-7-8-12-9-10-13(2,3)11-12/h4-11H2,1-3H3/q+1. The van der Waals surface area contributed by atoms with Crippen molar-refractivity contribution in [2.45, 2.75) is 32.6 Å². The minimum absolute atomic E-state index is 1.19. The monoisotopic (exact) mass is 185 g/mol. The molecule has 2 nitrogen and oxygen atoms in total. The average Bonchev–Trinajstić information content (AvgIpc) is 2.40. The van der Waals surface area contributed by atoms with Gasteiger partial charge in [-0.15, -0.1) is 0 Å². The number of hydrogen-bond donors (Lipinski definition) is 0. The molecule has 0 saturated carbocycles. The SMILES string of the molecule is CCCCCCN1CC[N+](C)(C)C1. The molecule has 0 spiro atoms. The molecule has 0 aliphatic carbocycles. The molecule has 0 aromatic rings. The highest BCUT2D eigenvalue weighted by molar-refractivity contribution is 4.59. The van der Waals surface area contributed by atoms with Gasteiger partial charge in [-0.3, -0.25) is 4.90 Å². The summed E-state index contributed by atoms with van der Waals surface area (Å²) in [4.78, 5) is 2.61. The molecule has 13 heavy (non-hydrogen) atoms. The highest BCUT2D eigenvalue weighted by Crippen LogP contribution is 2.11. The van der Waals surface area contributed by atoms with Crippen molar-refractivity contribution < 1.29 is 4.48 Å². The summed E-state index contributed by atoms with van der Waals surface area (Å²) < 4.78 is 1.19. The molecule has 0 amide bonds. The van der Waals surface area contributed by atoms with E-state index in [1.54, 1.807) is 0 Å². The summed E-state index contributed by atoms with van der Waals surface area (Å²) in [6, 6.07) is 0. The third-order valence-electron chi connectivity index (χ3n) is 2.93. The lowest BCUT2D eigenvalue weighted by Gasteiger charge is -2.23. The van der Waals surface area contributed by atoms with Crippen molar-refractivity contribution in [1.82, 2.24) is 4.90 Å². The molecule has 0 radical (unpaired) electrons. The summed E-state index contributed by atoms with van der Waals surface area (Å²) in [5, 5.41) is 0. The Bertz CT molecular complexity index is 143. The van der Waals surface area contributed by atoms with E-state index in [2.05, 4.69) is 25.9 Å². The Balaban J connectivity index is 2.04. The molecule has 0 aromatic carbocycles. The Morgan fingerprint density at radius 3 is 2.46 bits per heavy atom. The third kappa shape index (κ3) is 4.10. The van der Waals surface area contributed by atoms with Crippen LogP contribution >= 0.6 is 0 Å². The van der Waals surface area contributed by atoms with Crippen LogP contribution in [0.25, 0.3) is 0 Å². The molecular weight excluding hydrogens is 160 g/mol. The van der Waals surface area contributed by atoms with E-state index < -0.39 is 0 Å². The second-order valence-corrected chi connectivity index (χ2v) is 4.98. The first kappa shape index (κ1) is 11.0. The minimum atomic E-state index is 1.19. The van der Waals surface area contributed by atoms with E-state index in [-0.39, 0.29) is 0 Å². The Morgan fingerprint density at radius 2 is 1.92 bits per heavy atom. The molecular formula is C11H25N2+. The van der Waals surface area contributed by atoms with Crippen molar-refractivity contribution in [2.75, 3.05) is 40.4 Å². The zero-order chi connectivity index (χ0) is 9.73. The first-order valence-electron chi connectivity index (χ1n) is 5.68. The minimum Gasteiger partial charge on any atom is -0.315 e. The van der Waals surface area contributed by atoms with Crippen molar-refractivity contribution in [2.24, 2.45) is 0 Å². The maximum atomic E-state index is 2.61. The van der Waals surface area contributed by atoms with E-state index in [4.69, 9.17) is 0 Å². The maximum Gasteiger partial charge on any atom is 0.134 e. The number of hydrogen-bond acceptors (Lipinski definition) is 1. The molecule has 0 aromatic heterocycles. The highest BCUT2D eigenvalue weighted by atomic mass is 15.5. The molecule has 1 rings (SSSR count). The van der Waals surface area contributed by atoms with Gasteiger partial charge in [-0.2, -0.15) is 0 Å². The Labute approximate surface area is 83.1 Å². The van der Waals surface area contributed by atoms with Crippen LogP contribution in [0.15, 0.2) is 0 Å². The zero-order valence-electron chi connectivity index (χ0n) is 9.55. The smallest absolute Gasteiger partial charge is 0.134 e. The molecule has 0 bridgehead atoms. The first-order chi connectivity index (χ1) is 6.14. The van der Waals surface area contributed by atoms with Crippen molar-refractivity contribution >= 4 is 0 Å². The summed E-state index contributed by atoms with van der Waals surface area (Å²) in [6.07, 6.45) is 5.57. The van der Waals surface area contributed by atoms with Crippen LogP contribution in [0.5, 0.6) is 0 Å². The van der Waals surface area contributed by atoms with Gasteiger partial charge in [0.1, 0.15) is 6.67 Å². The van der Waals surface area contributed by atoms with Gasteiger partial charge < -0.3 is 4.48 Å². The lowest BCUT2D eigenvalue weighted by atomic mass is 10.2. The van der Waals surface area contributed by atoms with Gasteiger partial charge in [0, 0.05) is 6.54 Å². The second-order valence-electron chi connectivity index (χ2n) is 4.98. The number of nitrogens with zero attached hydrogens (tertiary/aromatic N) is 2. The molecule has 0 unspecified atom stereocenters. The molecule has 1 aliphatic rings. The first-order valence-corrected chi connectivity index (χ1v) is 5.68. The summed E-state index contributed by atoms with van der Waals surface area (Å²) in [5.41, 5.74) is 0. The van der Waals surface area contributed by atoms with Crippen LogP contribution in [0.2, 0.25) is 0 Å².